The topological polar surface area (TPSA) is 108 Å². The predicted octanol–water partition coefficient (Wildman–Crippen LogP) is 4.40. The van der Waals surface area contributed by atoms with Crippen molar-refractivity contribution >= 4 is 21.8 Å². The lowest BCUT2D eigenvalue weighted by atomic mass is 10.0. The molecule has 1 heterocycles. The Morgan fingerprint density at radius 2 is 1.44 bits per heavy atom. The zero-order chi connectivity index (χ0) is 29.1. The van der Waals surface area contributed by atoms with Gasteiger partial charge in [0.25, 0.3) is 0 Å². The van der Waals surface area contributed by atoms with Crippen LogP contribution in [0.4, 0.5) is 0 Å². The Kier molecular flexibility index (Phi) is 10.4. The van der Waals surface area contributed by atoms with Crippen LogP contribution in [0.1, 0.15) is 41.6 Å². The third-order valence-corrected chi connectivity index (χ3v) is 8.16. The Morgan fingerprint density at radius 1 is 0.805 bits per heavy atom. The maximum Gasteiger partial charge on any atom is 0.247 e. The van der Waals surface area contributed by atoms with E-state index in [4.69, 9.17) is 0 Å². The number of aryl methyl sites for hydroxylation is 1. The van der Waals surface area contributed by atoms with E-state index < -0.39 is 16.1 Å². The highest BCUT2D eigenvalue weighted by Crippen LogP contribution is 2.25. The lowest BCUT2D eigenvalue weighted by Crippen LogP contribution is -2.43. The fraction of sp³-hybridized carbons (Fsp3) is 0.219. The minimum atomic E-state index is -3.56. The molecule has 0 aliphatic rings. The number of hydrogen-bond acceptors (Lipinski definition) is 5. The van der Waals surface area contributed by atoms with E-state index in [1.54, 1.807) is 48.5 Å². The number of sulfonamides is 1. The summed E-state index contributed by atoms with van der Waals surface area (Å²) in [6, 6.07) is 28.2. The van der Waals surface area contributed by atoms with Gasteiger partial charge < -0.3 is 10.2 Å². The van der Waals surface area contributed by atoms with Crippen LogP contribution in [0, 0.1) is 0 Å². The van der Waals surface area contributed by atoms with Crippen molar-refractivity contribution in [3.63, 3.8) is 0 Å². The van der Waals surface area contributed by atoms with E-state index in [-0.39, 0.29) is 29.7 Å². The molecule has 0 radical (unpaired) electrons. The molecule has 2 N–H and O–H groups in total. The second kappa shape index (κ2) is 14.3. The Morgan fingerprint density at radius 3 is 2.07 bits per heavy atom. The third kappa shape index (κ3) is 8.33. The normalized spacial score (nSPS) is 11.9. The lowest BCUT2D eigenvalue weighted by molar-refractivity contribution is -0.141. The third-order valence-electron chi connectivity index (χ3n) is 6.60. The molecule has 0 spiro atoms. The van der Waals surface area contributed by atoms with Gasteiger partial charge in [0.1, 0.15) is 6.04 Å². The molecule has 3 aromatic carbocycles. The number of nitrogens with one attached hydrogen (secondary N) is 2. The number of nitrogens with zero attached hydrogens (tertiary/aromatic N) is 2. The smallest absolute Gasteiger partial charge is 0.247 e. The summed E-state index contributed by atoms with van der Waals surface area (Å²) in [5.41, 5.74) is 3.34. The van der Waals surface area contributed by atoms with Gasteiger partial charge in [0.2, 0.25) is 21.8 Å². The minimum absolute atomic E-state index is 0.146. The van der Waals surface area contributed by atoms with Gasteiger partial charge in [-0.05, 0) is 52.9 Å². The zero-order valence-corrected chi connectivity index (χ0v) is 23.8. The Balaban J connectivity index is 1.58. The molecule has 0 unspecified atom stereocenters. The number of pyridine rings is 1. The van der Waals surface area contributed by atoms with E-state index in [0.29, 0.717) is 25.1 Å². The molecule has 0 saturated carbocycles. The summed E-state index contributed by atoms with van der Waals surface area (Å²) in [6.45, 7) is 2.58. The Hall–Kier alpha value is -4.34. The SMILES string of the molecule is CCNS(=O)(=O)c1ccc(CCC(=O)N(Cc2ccccc2)[C@H](C(=O)NCc2ccncc2)c2ccccc2)cc1. The molecule has 41 heavy (non-hydrogen) atoms. The van der Waals surface area contributed by atoms with Crippen LogP contribution in [0.15, 0.2) is 114 Å². The predicted molar refractivity (Wildman–Crippen MR) is 158 cm³/mol. The summed E-state index contributed by atoms with van der Waals surface area (Å²) in [5.74, 6) is -0.471. The Labute approximate surface area is 241 Å². The van der Waals surface area contributed by atoms with Crippen LogP contribution in [0.3, 0.4) is 0 Å². The first-order valence-electron chi connectivity index (χ1n) is 13.5. The van der Waals surface area contributed by atoms with Crippen molar-refractivity contribution in [2.45, 2.75) is 43.8 Å². The van der Waals surface area contributed by atoms with Crippen LogP contribution in [0.25, 0.3) is 0 Å². The number of hydrogen-bond donors (Lipinski definition) is 2. The highest BCUT2D eigenvalue weighted by atomic mass is 32.2. The van der Waals surface area contributed by atoms with Gasteiger partial charge in [-0.1, -0.05) is 79.7 Å². The highest BCUT2D eigenvalue weighted by molar-refractivity contribution is 7.89. The zero-order valence-electron chi connectivity index (χ0n) is 22.9. The molecule has 1 aromatic heterocycles. The number of rotatable bonds is 13. The fourth-order valence-electron chi connectivity index (χ4n) is 4.50. The first kappa shape index (κ1) is 29.6. The van der Waals surface area contributed by atoms with Crippen molar-refractivity contribution < 1.29 is 18.0 Å². The molecule has 4 rings (SSSR count). The largest absolute Gasteiger partial charge is 0.350 e. The number of benzene rings is 3. The van der Waals surface area contributed by atoms with Gasteiger partial charge in [0.05, 0.1) is 4.90 Å². The van der Waals surface area contributed by atoms with Gasteiger partial charge in [-0.25, -0.2) is 13.1 Å². The summed E-state index contributed by atoms with van der Waals surface area (Å²) >= 11 is 0. The second-order valence-corrected chi connectivity index (χ2v) is 11.3. The monoisotopic (exact) mass is 570 g/mol. The van der Waals surface area contributed by atoms with Gasteiger partial charge in [-0.2, -0.15) is 0 Å². The molecule has 4 aromatic rings. The van der Waals surface area contributed by atoms with E-state index in [2.05, 4.69) is 15.0 Å². The van der Waals surface area contributed by atoms with E-state index in [1.165, 1.54) is 0 Å². The Bertz CT molecular complexity index is 1510. The molecule has 0 aliphatic heterocycles. The highest BCUT2D eigenvalue weighted by Gasteiger charge is 2.31. The van der Waals surface area contributed by atoms with Crippen molar-refractivity contribution in [1.82, 2.24) is 19.9 Å². The van der Waals surface area contributed by atoms with Crippen molar-refractivity contribution in [1.29, 1.82) is 0 Å². The van der Waals surface area contributed by atoms with E-state index in [0.717, 1.165) is 16.7 Å². The van der Waals surface area contributed by atoms with Crippen molar-refractivity contribution in [2.24, 2.45) is 0 Å². The van der Waals surface area contributed by atoms with Gasteiger partial charge in [0, 0.05) is 38.4 Å². The number of carbonyl (C=O) groups is 2. The van der Waals surface area contributed by atoms with E-state index >= 15 is 0 Å². The molecule has 0 saturated heterocycles. The van der Waals surface area contributed by atoms with Crippen LogP contribution in [-0.2, 0) is 39.1 Å². The van der Waals surface area contributed by atoms with Crippen molar-refractivity contribution in [3.05, 3.63) is 132 Å². The van der Waals surface area contributed by atoms with Crippen LogP contribution >= 0.6 is 0 Å². The number of aromatic nitrogens is 1. The van der Waals surface area contributed by atoms with E-state index in [1.807, 2.05) is 72.8 Å². The summed E-state index contributed by atoms with van der Waals surface area (Å²) in [7, 11) is -3.56. The van der Waals surface area contributed by atoms with Gasteiger partial charge in [-0.15, -0.1) is 0 Å². The maximum absolute atomic E-state index is 13.9. The lowest BCUT2D eigenvalue weighted by Gasteiger charge is -2.32. The van der Waals surface area contributed by atoms with Crippen LogP contribution in [-0.4, -0.2) is 36.7 Å². The van der Waals surface area contributed by atoms with Crippen LogP contribution in [0.5, 0.6) is 0 Å². The number of amides is 2. The van der Waals surface area contributed by atoms with Crippen LogP contribution < -0.4 is 10.0 Å². The molecule has 212 valence electrons. The molecule has 1 atom stereocenters. The van der Waals surface area contributed by atoms with Gasteiger partial charge >= 0.3 is 0 Å². The summed E-state index contributed by atoms with van der Waals surface area (Å²) in [5, 5.41) is 3.00. The fourth-order valence-corrected chi connectivity index (χ4v) is 5.54. The molecule has 0 aliphatic carbocycles. The molecule has 9 heteroatoms. The maximum atomic E-state index is 13.9. The quantitative estimate of drug-likeness (QED) is 0.248. The minimum Gasteiger partial charge on any atom is -0.350 e. The first-order chi connectivity index (χ1) is 19.9. The molecule has 8 nitrogen and oxygen atoms in total. The summed E-state index contributed by atoms with van der Waals surface area (Å²) in [6.07, 6.45) is 3.88. The molecular weight excluding hydrogens is 536 g/mol. The molecular formula is C32H34N4O4S. The second-order valence-electron chi connectivity index (χ2n) is 9.54. The molecule has 0 fully saturated rings. The van der Waals surface area contributed by atoms with Crippen molar-refractivity contribution in [2.75, 3.05) is 6.54 Å². The van der Waals surface area contributed by atoms with Gasteiger partial charge in [-0.3, -0.25) is 14.6 Å². The van der Waals surface area contributed by atoms with Gasteiger partial charge in [0.15, 0.2) is 0 Å². The average Bonchev–Trinajstić information content (AvgIpc) is 3.00. The van der Waals surface area contributed by atoms with Crippen LogP contribution in [0.2, 0.25) is 0 Å². The standard InChI is InChI=1S/C32H34N4O4S/c1-2-35-41(39,40)29-16-13-25(14-17-29)15-18-30(37)36(24-27-9-5-3-6-10-27)31(28-11-7-4-8-12-28)32(38)34-23-26-19-21-33-22-20-26/h3-14,16-17,19-22,31,35H,2,15,18,23-24H2,1H3,(H,34,38)/t31-/m0/s1. The number of carbonyl (C=O) groups excluding carboxylic acids is 2. The first-order valence-corrected chi connectivity index (χ1v) is 15.0. The van der Waals surface area contributed by atoms with E-state index in [9.17, 15) is 18.0 Å². The summed E-state index contributed by atoms with van der Waals surface area (Å²) < 4.78 is 27.0. The summed E-state index contributed by atoms with van der Waals surface area (Å²) in [4.78, 5) is 33.4. The average molecular weight is 571 g/mol. The van der Waals surface area contributed by atoms with Crippen molar-refractivity contribution in [3.8, 4) is 0 Å². The molecule has 0 bridgehead atoms. The molecule has 2 amide bonds.